The fourth-order valence-corrected chi connectivity index (χ4v) is 3.17. The number of aryl methyl sites for hydroxylation is 3. The Hall–Kier alpha value is -3.46. The van der Waals surface area contributed by atoms with Crippen molar-refractivity contribution >= 4 is 12.0 Å². The van der Waals surface area contributed by atoms with Crippen LogP contribution < -0.4 is 0 Å². The van der Waals surface area contributed by atoms with Gasteiger partial charge in [0.2, 0.25) is 0 Å². The molecule has 0 spiro atoms. The van der Waals surface area contributed by atoms with Crippen LogP contribution in [0.4, 0.5) is 4.39 Å². The average Bonchev–Trinajstić information content (AvgIpc) is 3.11. The molecule has 2 aromatic heterocycles. The first kappa shape index (κ1) is 18.3. The number of nitriles is 1. The van der Waals surface area contributed by atoms with Gasteiger partial charge in [0.25, 0.3) is 5.91 Å². The van der Waals surface area contributed by atoms with Crippen LogP contribution in [0, 0.1) is 44.8 Å². The zero-order chi connectivity index (χ0) is 19.7. The summed E-state index contributed by atoms with van der Waals surface area (Å²) >= 11 is 0. The van der Waals surface area contributed by atoms with E-state index in [2.05, 4.69) is 5.10 Å². The number of hydrogen-bond acceptors (Lipinski definition) is 3. The predicted molar refractivity (Wildman–Crippen MR) is 101 cm³/mol. The van der Waals surface area contributed by atoms with E-state index in [4.69, 9.17) is 0 Å². The summed E-state index contributed by atoms with van der Waals surface area (Å²) in [4.78, 5) is 12.7. The summed E-state index contributed by atoms with van der Waals surface area (Å²) in [5, 5.41) is 13.7. The maximum Gasteiger partial charge on any atom is 0.289 e. The Kier molecular flexibility index (Phi) is 4.78. The van der Waals surface area contributed by atoms with Gasteiger partial charge < -0.3 is 4.57 Å². The molecule has 0 saturated carbocycles. The Morgan fingerprint density at radius 1 is 1.11 bits per heavy atom. The third-order valence-corrected chi connectivity index (χ3v) is 4.41. The zero-order valence-electron chi connectivity index (χ0n) is 15.6. The van der Waals surface area contributed by atoms with E-state index in [0.717, 1.165) is 22.6 Å². The minimum Gasteiger partial charge on any atom is -0.318 e. The summed E-state index contributed by atoms with van der Waals surface area (Å²) in [5.41, 5.74) is 4.73. The second kappa shape index (κ2) is 7.04. The first-order chi connectivity index (χ1) is 12.8. The van der Waals surface area contributed by atoms with Gasteiger partial charge in [0, 0.05) is 22.8 Å². The van der Waals surface area contributed by atoms with Crippen LogP contribution in [0.15, 0.2) is 42.0 Å². The van der Waals surface area contributed by atoms with Crippen molar-refractivity contribution in [3.8, 4) is 11.8 Å². The largest absolute Gasteiger partial charge is 0.318 e. The molecule has 0 fully saturated rings. The number of aromatic nitrogens is 3. The highest BCUT2D eigenvalue weighted by Crippen LogP contribution is 2.23. The third kappa shape index (κ3) is 3.44. The van der Waals surface area contributed by atoms with Crippen LogP contribution in [-0.4, -0.2) is 20.3 Å². The standard InChI is InChI=1S/C21H19FN4O/c1-13-9-15(3)26(24-13)21(27)18(12-23)11-17-10-14(2)25(16(17)4)20-7-5-19(22)6-8-20/h5-11H,1-4H3/b18-11+. The van der Waals surface area contributed by atoms with Crippen molar-refractivity contribution in [3.63, 3.8) is 0 Å². The van der Waals surface area contributed by atoms with E-state index in [9.17, 15) is 14.4 Å². The van der Waals surface area contributed by atoms with Crippen molar-refractivity contribution in [2.45, 2.75) is 27.7 Å². The van der Waals surface area contributed by atoms with Crippen molar-refractivity contribution in [3.05, 3.63) is 76.1 Å². The number of halogens is 1. The quantitative estimate of drug-likeness (QED) is 0.516. The third-order valence-electron chi connectivity index (χ3n) is 4.41. The lowest BCUT2D eigenvalue weighted by Gasteiger charge is -2.09. The lowest BCUT2D eigenvalue weighted by atomic mass is 10.1. The lowest BCUT2D eigenvalue weighted by molar-refractivity contribution is 0.0943. The molecule has 0 N–H and O–H groups in total. The molecule has 0 atom stereocenters. The van der Waals surface area contributed by atoms with E-state index in [1.54, 1.807) is 38.1 Å². The predicted octanol–water partition coefficient (Wildman–Crippen LogP) is 4.29. The second-order valence-electron chi connectivity index (χ2n) is 6.45. The number of benzene rings is 1. The molecule has 0 unspecified atom stereocenters. The fourth-order valence-electron chi connectivity index (χ4n) is 3.17. The van der Waals surface area contributed by atoms with Crippen LogP contribution in [0.3, 0.4) is 0 Å². The topological polar surface area (TPSA) is 63.6 Å². The molecule has 0 radical (unpaired) electrons. The highest BCUT2D eigenvalue weighted by molar-refractivity contribution is 6.03. The van der Waals surface area contributed by atoms with Crippen LogP contribution in [0.1, 0.15) is 33.1 Å². The molecule has 136 valence electrons. The van der Waals surface area contributed by atoms with Crippen molar-refractivity contribution in [2.24, 2.45) is 0 Å². The maximum absolute atomic E-state index is 13.2. The lowest BCUT2D eigenvalue weighted by Crippen LogP contribution is -2.15. The molecule has 0 aliphatic carbocycles. The number of allylic oxidation sites excluding steroid dienone is 1. The van der Waals surface area contributed by atoms with E-state index < -0.39 is 5.91 Å². The van der Waals surface area contributed by atoms with Crippen LogP contribution >= 0.6 is 0 Å². The van der Waals surface area contributed by atoms with E-state index in [1.807, 2.05) is 30.6 Å². The van der Waals surface area contributed by atoms with Gasteiger partial charge in [0.1, 0.15) is 17.5 Å². The molecule has 6 heteroatoms. The smallest absolute Gasteiger partial charge is 0.289 e. The first-order valence-electron chi connectivity index (χ1n) is 8.46. The molecule has 0 aliphatic rings. The molecule has 0 saturated heterocycles. The highest BCUT2D eigenvalue weighted by Gasteiger charge is 2.17. The SMILES string of the molecule is Cc1cc(C)n(C(=O)/C(C#N)=C/c2cc(C)n(-c3ccc(F)cc3)c2C)n1. The molecular weight excluding hydrogens is 343 g/mol. The molecule has 1 aromatic carbocycles. The van der Waals surface area contributed by atoms with E-state index >= 15 is 0 Å². The molecule has 5 nitrogen and oxygen atoms in total. The van der Waals surface area contributed by atoms with Crippen LogP contribution in [0.25, 0.3) is 11.8 Å². The van der Waals surface area contributed by atoms with Gasteiger partial charge in [-0.3, -0.25) is 4.79 Å². The summed E-state index contributed by atoms with van der Waals surface area (Å²) in [5.74, 6) is -0.765. The van der Waals surface area contributed by atoms with Crippen molar-refractivity contribution in [1.82, 2.24) is 14.3 Å². The van der Waals surface area contributed by atoms with Crippen LogP contribution in [-0.2, 0) is 0 Å². The number of hydrogen-bond donors (Lipinski definition) is 0. The minimum absolute atomic E-state index is 0.000515. The zero-order valence-corrected chi connectivity index (χ0v) is 15.6. The highest BCUT2D eigenvalue weighted by atomic mass is 19.1. The fraction of sp³-hybridized carbons (Fsp3) is 0.190. The summed E-state index contributed by atoms with van der Waals surface area (Å²) in [6.45, 7) is 7.38. The molecular formula is C21H19FN4O. The molecule has 27 heavy (non-hydrogen) atoms. The Balaban J connectivity index is 2.04. The number of nitrogens with zero attached hydrogens (tertiary/aromatic N) is 4. The van der Waals surface area contributed by atoms with E-state index in [-0.39, 0.29) is 11.4 Å². The molecule has 0 aliphatic heterocycles. The molecule has 3 rings (SSSR count). The maximum atomic E-state index is 13.2. The van der Waals surface area contributed by atoms with Gasteiger partial charge in [-0.15, -0.1) is 0 Å². The summed E-state index contributed by atoms with van der Waals surface area (Å²) < 4.78 is 16.4. The first-order valence-corrected chi connectivity index (χ1v) is 8.46. The van der Waals surface area contributed by atoms with Gasteiger partial charge in [0.15, 0.2) is 0 Å². The van der Waals surface area contributed by atoms with Crippen molar-refractivity contribution in [1.29, 1.82) is 5.26 Å². The number of rotatable bonds is 3. The summed E-state index contributed by atoms with van der Waals surface area (Å²) in [6, 6.07) is 11.8. The summed E-state index contributed by atoms with van der Waals surface area (Å²) in [7, 11) is 0. The van der Waals surface area contributed by atoms with Gasteiger partial charge >= 0.3 is 0 Å². The van der Waals surface area contributed by atoms with Crippen LogP contribution in [0.5, 0.6) is 0 Å². The molecule has 3 aromatic rings. The number of carbonyl (C=O) groups is 1. The Morgan fingerprint density at radius 2 is 1.78 bits per heavy atom. The van der Waals surface area contributed by atoms with Gasteiger partial charge in [-0.05, 0) is 75.7 Å². The molecule has 0 amide bonds. The van der Waals surface area contributed by atoms with Gasteiger partial charge in [-0.2, -0.15) is 10.4 Å². The Morgan fingerprint density at radius 3 is 2.33 bits per heavy atom. The van der Waals surface area contributed by atoms with Crippen molar-refractivity contribution in [2.75, 3.05) is 0 Å². The van der Waals surface area contributed by atoms with Crippen LogP contribution in [0.2, 0.25) is 0 Å². The van der Waals surface area contributed by atoms with Crippen molar-refractivity contribution < 1.29 is 9.18 Å². The second-order valence-corrected chi connectivity index (χ2v) is 6.45. The minimum atomic E-state index is -0.463. The van der Waals surface area contributed by atoms with Gasteiger partial charge in [0.05, 0.1) is 5.69 Å². The van der Waals surface area contributed by atoms with E-state index in [0.29, 0.717) is 11.4 Å². The van der Waals surface area contributed by atoms with E-state index in [1.165, 1.54) is 16.8 Å². The molecule has 0 bridgehead atoms. The summed E-state index contributed by atoms with van der Waals surface area (Å²) in [6.07, 6.45) is 1.57. The molecule has 2 heterocycles. The monoisotopic (exact) mass is 362 g/mol. The van der Waals surface area contributed by atoms with Gasteiger partial charge in [-0.25, -0.2) is 9.07 Å². The van der Waals surface area contributed by atoms with Gasteiger partial charge in [-0.1, -0.05) is 0 Å². The Labute approximate surface area is 157 Å². The average molecular weight is 362 g/mol. The number of carbonyl (C=O) groups excluding carboxylic acids is 1. The Bertz CT molecular complexity index is 1090. The normalized spacial score (nSPS) is 11.5.